The van der Waals surface area contributed by atoms with Crippen molar-refractivity contribution in [2.24, 2.45) is 0 Å². The number of phenolic OH excluding ortho intramolecular Hbond substituents is 2. The number of nitrogens with zero attached hydrogens (tertiary/aromatic N) is 2. The number of fused-ring (bicyclic) bond motifs is 5. The maximum Gasteiger partial charge on any atom is 0.519 e. The lowest BCUT2D eigenvalue weighted by Crippen LogP contribution is -2.33. The molecule has 13 aromatic rings. The zero-order valence-electron chi connectivity index (χ0n) is 87.1. The Balaban J connectivity index is 0.000000185. The van der Waals surface area contributed by atoms with Gasteiger partial charge in [0.1, 0.15) is 87.2 Å². The molecule has 3 saturated heterocycles. The fourth-order valence-corrected chi connectivity index (χ4v) is 15.5. The van der Waals surface area contributed by atoms with Crippen molar-refractivity contribution in [3.05, 3.63) is 271 Å². The number of hydrogen-bond donors (Lipinski definition) is 8. The van der Waals surface area contributed by atoms with Gasteiger partial charge >= 0.3 is 48.5 Å². The molecule has 16 rings (SSSR count). The standard InChI is InChI=1S/C29H34N2O5.C24H24BrNO5.C24H26N2O3.C15H17NO3.C10H9NO.C10H18O5.C5H11N/c1-29(2,3)36-28(33)30-25-15-16-26(24-10-6-5-9-23(24)25)35-27(32)21-11-13-22(14-12-21)34-20-19-31-17-7-4-8-18-31;1-24(2,3)31-23(28)26-20-12-13-21(19-7-5-4-6-18(19)20)30-22(27)16-8-10-17(11-9-16)29-15-14-25;25-22-12-13-23(21-7-3-2-6-20(21)22)29-24(27)18-8-10-19(11-9-18)28-17-16-26-14-4-1-5-15-26;1-15(2,3)19-14(18)16-12-8-9-13(17)11-7-5-4-6-10(11)12;11-9-5-6-10(12)8-4-2-1-3-7(8)9;1-9(2,3)14-7(11)13-8(12)15-10(4,5)6;1-2-4-6-5-3-1/h5-6,9-16H,4,7-8,17-20H2,1-3H3,(H,30,33);4-13H,14-15H2,1-3H3,(H,26,28);2-3,6-13H,1,4-5,14-17,25H2;4-9,17H,1-3H3,(H,16,18);1-6,12H,11H2;1-6H3;6H,1-5H2. The van der Waals surface area contributed by atoms with E-state index in [0.717, 1.165) is 93.8 Å². The number of hydrogen-bond acceptors (Lipinski definition) is 27. The third-order valence-electron chi connectivity index (χ3n) is 22.1. The van der Waals surface area contributed by atoms with Gasteiger partial charge in [-0.1, -0.05) is 157 Å². The molecule has 148 heavy (non-hydrogen) atoms. The lowest BCUT2D eigenvalue weighted by atomic mass is 10.1. The minimum atomic E-state index is -1.06. The summed E-state index contributed by atoms with van der Waals surface area (Å²) < 4.78 is 63.9. The Labute approximate surface area is 874 Å². The van der Waals surface area contributed by atoms with Crippen molar-refractivity contribution >= 4 is 147 Å². The molecule has 3 aliphatic rings. The molecule has 0 radical (unpaired) electrons. The Hall–Kier alpha value is -14.9. The number of alkyl halides is 1. The van der Waals surface area contributed by atoms with E-state index >= 15 is 0 Å². The van der Waals surface area contributed by atoms with Crippen LogP contribution in [0.1, 0.15) is 193 Å². The van der Waals surface area contributed by atoms with E-state index in [1.54, 1.807) is 190 Å². The number of amides is 3. The second-order valence-electron chi connectivity index (χ2n) is 39.9. The maximum atomic E-state index is 12.8. The van der Waals surface area contributed by atoms with Gasteiger partial charge in [-0.15, -0.1) is 0 Å². The molecule has 10 N–H and O–H groups in total. The van der Waals surface area contributed by atoms with Crippen LogP contribution in [0, 0.1) is 0 Å². The molecule has 3 aliphatic heterocycles. The highest BCUT2D eigenvalue weighted by molar-refractivity contribution is 9.09. The highest BCUT2D eigenvalue weighted by Crippen LogP contribution is 2.38. The monoisotopic (exact) mass is 2090 g/mol. The second kappa shape index (κ2) is 55.6. The average molecular weight is 2090 g/mol. The number of nitrogens with two attached hydrogens (primary N) is 2. The highest BCUT2D eigenvalue weighted by atomic mass is 79.9. The predicted molar refractivity (Wildman–Crippen MR) is 587 cm³/mol. The Bertz CT molecular complexity index is 6500. The Morgan fingerprint density at radius 2 is 0.574 bits per heavy atom. The molecule has 31 heteroatoms. The molecule has 0 bridgehead atoms. The lowest BCUT2D eigenvalue weighted by Gasteiger charge is -2.26. The number of phenols is 2. The third kappa shape index (κ3) is 39.1. The van der Waals surface area contributed by atoms with Crippen LogP contribution in [0.3, 0.4) is 0 Å². The van der Waals surface area contributed by atoms with Crippen LogP contribution in [0.5, 0.6) is 46.0 Å². The number of nitrogens with one attached hydrogen (secondary N) is 4. The Morgan fingerprint density at radius 3 is 0.885 bits per heavy atom. The number of halogens is 1. The van der Waals surface area contributed by atoms with Gasteiger partial charge in [0.05, 0.1) is 40.4 Å². The van der Waals surface area contributed by atoms with E-state index < -0.39 is 76.5 Å². The topological polar surface area (TPSA) is 394 Å². The van der Waals surface area contributed by atoms with Crippen LogP contribution in [0.2, 0.25) is 0 Å². The van der Waals surface area contributed by atoms with E-state index in [1.165, 1.54) is 70.9 Å². The van der Waals surface area contributed by atoms with Crippen molar-refractivity contribution in [1.82, 2.24) is 15.1 Å². The second-order valence-corrected chi connectivity index (χ2v) is 40.7. The van der Waals surface area contributed by atoms with Gasteiger partial charge in [-0.3, -0.25) is 25.8 Å². The number of piperidine rings is 3. The summed E-state index contributed by atoms with van der Waals surface area (Å²) in [5.74, 6) is 2.59. The number of esters is 3. The number of rotatable bonds is 20. The first-order valence-corrected chi connectivity index (χ1v) is 50.7. The van der Waals surface area contributed by atoms with Crippen molar-refractivity contribution in [2.45, 2.75) is 190 Å². The van der Waals surface area contributed by atoms with Gasteiger partial charge in [0, 0.05) is 83.7 Å². The van der Waals surface area contributed by atoms with E-state index in [2.05, 4.69) is 51.7 Å². The molecule has 0 atom stereocenters. The fourth-order valence-electron chi connectivity index (χ4n) is 15.3. The van der Waals surface area contributed by atoms with Crippen LogP contribution >= 0.6 is 15.9 Å². The van der Waals surface area contributed by atoms with Crippen molar-refractivity contribution < 1.29 is 105 Å². The first-order chi connectivity index (χ1) is 70.4. The summed E-state index contributed by atoms with van der Waals surface area (Å²) in [5.41, 5.74) is 13.0. The SMILES string of the molecule is C1CCNCC1.CC(C)(C)OC(=O)Nc1ccc(O)c2ccccc12.CC(C)(C)OC(=O)Nc1ccc(OC(=O)c2ccc(OCCBr)cc2)c2ccccc12.CC(C)(C)OC(=O)Nc1ccc(OC(=O)c2ccc(OCCN3CCCCC3)cc2)c2ccccc12.CC(C)(C)OC(=O)OC(=O)OC(C)(C)C.Nc1ccc(O)c2ccccc12.Nc1ccc(OC(=O)c2ccc(OCCN3CCCCC3)cc2)c2ccccc12. The minimum Gasteiger partial charge on any atom is -0.507 e. The van der Waals surface area contributed by atoms with Gasteiger partial charge in [-0.2, -0.15) is 0 Å². The van der Waals surface area contributed by atoms with Gasteiger partial charge in [-0.05, 0) is 315 Å². The molecule has 3 amide bonds. The first-order valence-electron chi connectivity index (χ1n) is 49.6. The van der Waals surface area contributed by atoms with Gasteiger partial charge in [0.25, 0.3) is 0 Å². The van der Waals surface area contributed by atoms with Crippen LogP contribution in [-0.2, 0) is 28.4 Å². The van der Waals surface area contributed by atoms with Crippen LogP contribution in [0.25, 0.3) is 53.9 Å². The number of nitrogen functional groups attached to an aromatic ring is 2. The fraction of sp³-hybridized carbons (Fsp3) is 0.350. The number of ether oxygens (including phenoxy) is 12. The first kappa shape index (κ1) is 115. The van der Waals surface area contributed by atoms with Crippen LogP contribution in [0.4, 0.5) is 52.4 Å². The van der Waals surface area contributed by atoms with Crippen LogP contribution in [0.15, 0.2) is 255 Å². The molecule has 0 unspecified atom stereocenters. The van der Waals surface area contributed by atoms with E-state index in [0.29, 0.717) is 104 Å². The highest BCUT2D eigenvalue weighted by Gasteiger charge is 2.28. The van der Waals surface area contributed by atoms with Gasteiger partial charge in [-0.25, -0.2) is 38.4 Å². The molecule has 0 aromatic heterocycles. The maximum absolute atomic E-state index is 12.8. The number of anilines is 5. The molecule has 0 aliphatic carbocycles. The Kier molecular flexibility index (Phi) is 43.2. The zero-order valence-corrected chi connectivity index (χ0v) is 88.7. The molecular formula is C117H139BrN8O22. The number of benzene rings is 13. The van der Waals surface area contributed by atoms with E-state index in [1.807, 2.05) is 169 Å². The third-order valence-corrected chi connectivity index (χ3v) is 22.4. The van der Waals surface area contributed by atoms with Crippen molar-refractivity contribution in [1.29, 1.82) is 0 Å². The summed E-state index contributed by atoms with van der Waals surface area (Å²) in [5, 5.41) is 39.2. The quantitative estimate of drug-likeness (QED) is 0.00668. The molecule has 786 valence electrons. The number of carbonyl (C=O) groups excluding carboxylic acids is 8. The summed E-state index contributed by atoms with van der Waals surface area (Å²) in [6.45, 7) is 37.0. The summed E-state index contributed by atoms with van der Waals surface area (Å²) >= 11 is 3.30. The van der Waals surface area contributed by atoms with Crippen molar-refractivity contribution in [3.63, 3.8) is 0 Å². The summed E-state index contributed by atoms with van der Waals surface area (Å²) in [4.78, 5) is 101. The molecule has 3 heterocycles. The van der Waals surface area contributed by atoms with Gasteiger partial charge < -0.3 is 83.8 Å². The summed E-state index contributed by atoms with van der Waals surface area (Å²) in [7, 11) is 0. The molecular weight excluding hydrogens is 1950 g/mol. The van der Waals surface area contributed by atoms with E-state index in [9.17, 15) is 48.6 Å². The number of carbonyl (C=O) groups is 8. The van der Waals surface area contributed by atoms with Crippen molar-refractivity contribution in [3.8, 4) is 46.0 Å². The smallest absolute Gasteiger partial charge is 0.507 e. The summed E-state index contributed by atoms with van der Waals surface area (Å²) in [6.07, 6.45) is 8.22. The molecule has 0 saturated carbocycles. The summed E-state index contributed by atoms with van der Waals surface area (Å²) in [6, 6.07) is 74.8. The molecule has 3 fully saturated rings. The predicted octanol–water partition coefficient (Wildman–Crippen LogP) is 26.6. The van der Waals surface area contributed by atoms with E-state index in [-0.39, 0.29) is 11.5 Å². The number of likely N-dealkylation sites (tertiary alicyclic amines) is 2. The molecule has 30 nitrogen and oxygen atoms in total. The Morgan fingerprint density at radius 1 is 0.311 bits per heavy atom. The number of aromatic hydroxyl groups is 2. The molecule has 0 spiro atoms. The average Bonchev–Trinajstić information content (AvgIpc) is 0.784. The largest absolute Gasteiger partial charge is 0.519 e. The van der Waals surface area contributed by atoms with Crippen LogP contribution < -0.4 is 61.2 Å². The normalized spacial score (nSPS) is 13.1. The lowest BCUT2D eigenvalue weighted by molar-refractivity contribution is -0.0295. The van der Waals surface area contributed by atoms with Gasteiger partial charge in [0.15, 0.2) is 0 Å². The minimum absolute atomic E-state index is 0.185. The van der Waals surface area contributed by atoms with Crippen LogP contribution in [-0.4, -0.2) is 174 Å². The van der Waals surface area contributed by atoms with E-state index in [4.69, 9.17) is 63.6 Å². The zero-order chi connectivity index (χ0) is 107. The van der Waals surface area contributed by atoms with Gasteiger partial charge in [0.2, 0.25) is 0 Å². The van der Waals surface area contributed by atoms with Crippen molar-refractivity contribution in [2.75, 3.05) is 105 Å². The molecule has 13 aromatic carbocycles.